The highest BCUT2D eigenvalue weighted by Crippen LogP contribution is 2.18. The molecule has 2 aromatic rings. The maximum Gasteiger partial charge on any atom is 0.413 e. The minimum absolute atomic E-state index is 0.147. The molecule has 0 aliphatic carbocycles. The number of imide groups is 1. The number of alkyl carbamates (subject to hydrolysis) is 1. The largest absolute Gasteiger partial charge is 0.456 e. The van der Waals surface area contributed by atoms with Gasteiger partial charge in [0.1, 0.15) is 0 Å². The van der Waals surface area contributed by atoms with E-state index in [4.69, 9.17) is 4.74 Å². The average molecular weight is 318 g/mol. The molecule has 122 valence electrons. The minimum Gasteiger partial charge on any atom is -0.456 e. The molecule has 7 heteroatoms. The number of carbonyl (C=O) groups is 3. The number of aryl methyl sites for hydroxylation is 1. The molecule has 0 spiro atoms. The fourth-order valence-electron chi connectivity index (χ4n) is 2.11. The molecule has 0 fully saturated rings. The van der Waals surface area contributed by atoms with Crippen LogP contribution in [0.5, 0.6) is 0 Å². The molecule has 2 amide bonds. The summed E-state index contributed by atoms with van der Waals surface area (Å²) in [7, 11) is 0. The van der Waals surface area contributed by atoms with Crippen molar-refractivity contribution in [3.8, 4) is 0 Å². The topological polar surface area (TPSA) is 97.5 Å². The van der Waals surface area contributed by atoms with Crippen molar-refractivity contribution in [3.05, 3.63) is 36.0 Å². The van der Waals surface area contributed by atoms with Crippen LogP contribution in [0.25, 0.3) is 10.9 Å². The van der Waals surface area contributed by atoms with Gasteiger partial charge < -0.3 is 14.5 Å². The molecule has 0 radical (unpaired) electrons. The van der Waals surface area contributed by atoms with Gasteiger partial charge in [-0.05, 0) is 25.0 Å². The second-order valence-corrected chi connectivity index (χ2v) is 4.79. The molecule has 0 unspecified atom stereocenters. The Morgan fingerprint density at radius 3 is 2.74 bits per heavy atom. The van der Waals surface area contributed by atoms with Crippen LogP contribution in [-0.4, -0.2) is 36.2 Å². The van der Waals surface area contributed by atoms with E-state index in [1.165, 1.54) is 0 Å². The van der Waals surface area contributed by atoms with E-state index in [-0.39, 0.29) is 13.0 Å². The van der Waals surface area contributed by atoms with Gasteiger partial charge in [0.25, 0.3) is 5.91 Å². The molecular weight excluding hydrogens is 300 g/mol. The Morgan fingerprint density at radius 2 is 1.96 bits per heavy atom. The quantitative estimate of drug-likeness (QED) is 0.793. The molecular formula is C16H18N2O5. The standard InChI is InChI=1S/C16H18N2O5/c1-2-22-16(21)18-14(19)10-23-15(20)8-7-11-9-17-13-6-4-3-5-12(11)13/h3-6,9,17H,2,7-8,10H2,1H3,(H,18,19,21). The maximum absolute atomic E-state index is 11.7. The van der Waals surface area contributed by atoms with Crippen LogP contribution in [0.15, 0.2) is 30.5 Å². The first kappa shape index (κ1) is 16.5. The Morgan fingerprint density at radius 1 is 1.17 bits per heavy atom. The lowest BCUT2D eigenvalue weighted by molar-refractivity contribution is -0.148. The molecule has 1 aromatic heterocycles. The lowest BCUT2D eigenvalue weighted by atomic mass is 10.1. The second kappa shape index (κ2) is 7.98. The number of H-pyrrole nitrogens is 1. The average Bonchev–Trinajstić information content (AvgIpc) is 2.94. The molecule has 1 aromatic carbocycles. The molecule has 0 atom stereocenters. The number of ether oxygens (including phenoxy) is 2. The Bertz CT molecular complexity index is 707. The first-order chi connectivity index (χ1) is 11.1. The minimum atomic E-state index is -0.854. The highest BCUT2D eigenvalue weighted by Gasteiger charge is 2.12. The normalized spacial score (nSPS) is 10.3. The van der Waals surface area contributed by atoms with Gasteiger partial charge in [-0.25, -0.2) is 4.79 Å². The molecule has 7 nitrogen and oxygen atoms in total. The Labute approximate surface area is 133 Å². The van der Waals surface area contributed by atoms with Crippen molar-refractivity contribution in [2.24, 2.45) is 0 Å². The van der Waals surface area contributed by atoms with Crippen LogP contribution >= 0.6 is 0 Å². The van der Waals surface area contributed by atoms with Crippen LogP contribution in [0.2, 0.25) is 0 Å². The first-order valence-electron chi connectivity index (χ1n) is 7.27. The fourth-order valence-corrected chi connectivity index (χ4v) is 2.11. The van der Waals surface area contributed by atoms with Gasteiger partial charge in [0.2, 0.25) is 0 Å². The predicted molar refractivity (Wildman–Crippen MR) is 82.7 cm³/mol. The van der Waals surface area contributed by atoms with E-state index in [9.17, 15) is 14.4 Å². The summed E-state index contributed by atoms with van der Waals surface area (Å²) < 4.78 is 9.37. The number of para-hydroxylation sites is 1. The van der Waals surface area contributed by atoms with Crippen LogP contribution in [0.3, 0.4) is 0 Å². The molecule has 0 aliphatic heterocycles. The van der Waals surface area contributed by atoms with Crippen molar-refractivity contribution in [1.29, 1.82) is 0 Å². The molecule has 0 saturated carbocycles. The van der Waals surface area contributed by atoms with Crippen molar-refractivity contribution in [1.82, 2.24) is 10.3 Å². The molecule has 2 N–H and O–H groups in total. The number of hydrogen-bond acceptors (Lipinski definition) is 5. The molecule has 0 saturated heterocycles. The van der Waals surface area contributed by atoms with Crippen LogP contribution < -0.4 is 5.32 Å². The van der Waals surface area contributed by atoms with Crippen molar-refractivity contribution in [2.45, 2.75) is 19.8 Å². The number of esters is 1. The van der Waals surface area contributed by atoms with E-state index in [1.807, 2.05) is 35.8 Å². The molecule has 2 rings (SSSR count). The summed E-state index contributed by atoms with van der Waals surface area (Å²) in [5.74, 6) is -1.22. The summed E-state index contributed by atoms with van der Waals surface area (Å²) in [5.41, 5.74) is 2.01. The van der Waals surface area contributed by atoms with Crippen LogP contribution in [0.1, 0.15) is 18.9 Å². The van der Waals surface area contributed by atoms with Crippen molar-refractivity contribution in [3.63, 3.8) is 0 Å². The lowest BCUT2D eigenvalue weighted by Crippen LogP contribution is -2.34. The van der Waals surface area contributed by atoms with E-state index in [2.05, 4.69) is 9.72 Å². The predicted octanol–water partition coefficient (Wildman–Crippen LogP) is 1.92. The number of benzene rings is 1. The second-order valence-electron chi connectivity index (χ2n) is 4.79. The monoisotopic (exact) mass is 318 g/mol. The summed E-state index contributed by atoms with van der Waals surface area (Å²) in [6.07, 6.45) is 1.65. The molecule has 1 heterocycles. The molecule has 0 aliphatic rings. The van der Waals surface area contributed by atoms with E-state index >= 15 is 0 Å². The number of fused-ring (bicyclic) bond motifs is 1. The summed E-state index contributed by atoms with van der Waals surface area (Å²) in [6.45, 7) is 1.27. The Kier molecular flexibility index (Phi) is 5.74. The van der Waals surface area contributed by atoms with Gasteiger partial charge in [0, 0.05) is 23.5 Å². The zero-order valence-electron chi connectivity index (χ0n) is 12.8. The third kappa shape index (κ3) is 4.84. The van der Waals surface area contributed by atoms with E-state index in [1.54, 1.807) is 6.92 Å². The Hall–Kier alpha value is -2.83. The number of aromatic nitrogens is 1. The van der Waals surface area contributed by atoms with Gasteiger partial charge in [-0.15, -0.1) is 0 Å². The van der Waals surface area contributed by atoms with Crippen LogP contribution in [0.4, 0.5) is 4.79 Å². The van der Waals surface area contributed by atoms with Crippen LogP contribution in [0, 0.1) is 0 Å². The number of carbonyl (C=O) groups excluding carboxylic acids is 3. The van der Waals surface area contributed by atoms with E-state index in [0.717, 1.165) is 16.5 Å². The molecule has 0 bridgehead atoms. The van der Waals surface area contributed by atoms with Gasteiger partial charge in [-0.1, -0.05) is 18.2 Å². The number of aromatic amines is 1. The van der Waals surface area contributed by atoms with Crippen LogP contribution in [-0.2, 0) is 25.5 Å². The van der Waals surface area contributed by atoms with Gasteiger partial charge in [0.05, 0.1) is 6.61 Å². The lowest BCUT2D eigenvalue weighted by Gasteiger charge is -2.05. The highest BCUT2D eigenvalue weighted by molar-refractivity contribution is 5.93. The SMILES string of the molecule is CCOC(=O)NC(=O)COC(=O)CCc1c[nH]c2ccccc12. The van der Waals surface area contributed by atoms with Crippen molar-refractivity contribution < 1.29 is 23.9 Å². The first-order valence-corrected chi connectivity index (χ1v) is 7.27. The zero-order chi connectivity index (χ0) is 16.7. The number of hydrogen-bond donors (Lipinski definition) is 2. The summed E-state index contributed by atoms with van der Waals surface area (Å²) in [6, 6.07) is 7.78. The Balaban J connectivity index is 1.75. The van der Waals surface area contributed by atoms with Gasteiger partial charge >= 0.3 is 12.1 Å². The highest BCUT2D eigenvalue weighted by atomic mass is 16.6. The van der Waals surface area contributed by atoms with Crippen molar-refractivity contribution >= 4 is 28.9 Å². The van der Waals surface area contributed by atoms with E-state index in [0.29, 0.717) is 6.42 Å². The third-order valence-electron chi connectivity index (χ3n) is 3.15. The maximum atomic E-state index is 11.7. The smallest absolute Gasteiger partial charge is 0.413 e. The molecule has 23 heavy (non-hydrogen) atoms. The summed E-state index contributed by atoms with van der Waals surface area (Å²) in [5, 5.41) is 3.00. The summed E-state index contributed by atoms with van der Waals surface area (Å²) in [4.78, 5) is 37.1. The van der Waals surface area contributed by atoms with Crippen molar-refractivity contribution in [2.75, 3.05) is 13.2 Å². The number of nitrogens with one attached hydrogen (secondary N) is 2. The number of amides is 2. The van der Waals surface area contributed by atoms with E-state index < -0.39 is 24.6 Å². The fraction of sp³-hybridized carbons (Fsp3) is 0.312. The van der Waals surface area contributed by atoms with Gasteiger partial charge in [-0.2, -0.15) is 0 Å². The zero-order valence-corrected chi connectivity index (χ0v) is 12.8. The summed E-state index contributed by atoms with van der Waals surface area (Å²) >= 11 is 0. The van der Waals surface area contributed by atoms with Gasteiger partial charge in [-0.3, -0.25) is 14.9 Å². The number of rotatable bonds is 6. The third-order valence-corrected chi connectivity index (χ3v) is 3.15. The van der Waals surface area contributed by atoms with Gasteiger partial charge in [0.15, 0.2) is 6.61 Å².